The van der Waals surface area contributed by atoms with Crippen molar-refractivity contribution in [2.45, 2.75) is 6.54 Å². The van der Waals surface area contributed by atoms with Gasteiger partial charge in [-0.1, -0.05) is 84.9 Å². The molecule has 0 aliphatic carbocycles. The highest BCUT2D eigenvalue weighted by molar-refractivity contribution is 6.17. The molecule has 0 N–H and O–H groups in total. The maximum Gasteiger partial charge on any atom is 0.0729 e. The number of rotatable bonds is 3. The van der Waals surface area contributed by atoms with Crippen LogP contribution in [-0.4, -0.2) is 19.8 Å². The molecular weight excluding hydrogens is 364 g/mol. The first-order chi connectivity index (χ1) is 14.7. The summed E-state index contributed by atoms with van der Waals surface area (Å²) in [6.07, 6.45) is 0. The van der Waals surface area contributed by atoms with Gasteiger partial charge in [0.25, 0.3) is 0 Å². The van der Waals surface area contributed by atoms with E-state index in [-0.39, 0.29) is 0 Å². The van der Waals surface area contributed by atoms with Crippen molar-refractivity contribution in [3.05, 3.63) is 114 Å². The largest absolute Gasteiger partial charge is 0.378 e. The van der Waals surface area contributed by atoms with E-state index in [2.05, 4.69) is 116 Å². The molecule has 5 rings (SSSR count). The molecule has 0 saturated heterocycles. The fourth-order valence-corrected chi connectivity index (χ4v) is 4.23. The van der Waals surface area contributed by atoms with Crippen molar-refractivity contribution < 1.29 is 0 Å². The van der Waals surface area contributed by atoms with E-state index in [1.165, 1.54) is 39.1 Å². The van der Waals surface area contributed by atoms with Gasteiger partial charge in [-0.25, -0.2) is 0 Å². The Morgan fingerprint density at radius 2 is 1.20 bits per heavy atom. The summed E-state index contributed by atoms with van der Waals surface area (Å²) in [7, 11) is 4.14. The third-order valence-corrected chi connectivity index (χ3v) is 5.79. The van der Waals surface area contributed by atoms with Crippen LogP contribution in [0.2, 0.25) is 0 Å². The third kappa shape index (κ3) is 3.21. The Balaban J connectivity index is 1.69. The van der Waals surface area contributed by atoms with Crippen LogP contribution in [0.5, 0.6) is 0 Å². The minimum absolute atomic E-state index is 0.667. The lowest BCUT2D eigenvalue weighted by molar-refractivity contribution is 1.08. The molecule has 1 heterocycles. The van der Waals surface area contributed by atoms with E-state index >= 15 is 0 Å². The van der Waals surface area contributed by atoms with Crippen LogP contribution < -0.4 is 4.90 Å². The first kappa shape index (κ1) is 18.4. The van der Waals surface area contributed by atoms with Gasteiger partial charge in [0.2, 0.25) is 0 Å². The minimum Gasteiger partial charge on any atom is -0.378 e. The summed E-state index contributed by atoms with van der Waals surface area (Å²) in [4.78, 5) is 7.24. The van der Waals surface area contributed by atoms with Crippen LogP contribution in [0.15, 0.2) is 102 Å². The van der Waals surface area contributed by atoms with Crippen LogP contribution in [0.3, 0.4) is 0 Å². The number of anilines is 1. The molecule has 0 unspecified atom stereocenters. The SMILES string of the molecule is CN(C)c1ccc(-c2cccc3c2CN=C(c2ccccc2)c2ccccc2-3)cc1. The Morgan fingerprint density at radius 3 is 1.93 bits per heavy atom. The lowest BCUT2D eigenvalue weighted by Gasteiger charge is -2.16. The van der Waals surface area contributed by atoms with E-state index in [0.29, 0.717) is 6.54 Å². The van der Waals surface area contributed by atoms with Crippen LogP contribution in [-0.2, 0) is 6.54 Å². The Kier molecular flexibility index (Phi) is 4.68. The summed E-state index contributed by atoms with van der Waals surface area (Å²) in [5.74, 6) is 0. The summed E-state index contributed by atoms with van der Waals surface area (Å²) in [5, 5.41) is 0. The highest BCUT2D eigenvalue weighted by Gasteiger charge is 2.20. The molecular formula is C28H24N2. The summed E-state index contributed by atoms with van der Waals surface area (Å²) < 4.78 is 0. The molecule has 0 radical (unpaired) electrons. The van der Waals surface area contributed by atoms with E-state index in [1.807, 2.05) is 0 Å². The average Bonchev–Trinajstić information content (AvgIpc) is 2.97. The topological polar surface area (TPSA) is 15.6 Å². The van der Waals surface area contributed by atoms with Crippen LogP contribution in [0.25, 0.3) is 22.3 Å². The summed E-state index contributed by atoms with van der Waals surface area (Å²) >= 11 is 0. The quantitative estimate of drug-likeness (QED) is 0.394. The molecule has 0 amide bonds. The zero-order valence-electron chi connectivity index (χ0n) is 17.3. The predicted molar refractivity (Wildman–Crippen MR) is 127 cm³/mol. The Bertz CT molecular complexity index is 1220. The standard InChI is InChI=1S/C28H24N2/c1-30(2)22-17-15-20(16-18-22)23-13-8-14-25-24-11-6-7-12-26(24)28(29-19-27(23)25)21-9-4-3-5-10-21/h3-18H,19H2,1-2H3. The van der Waals surface area contributed by atoms with E-state index in [1.54, 1.807) is 0 Å². The lowest BCUT2D eigenvalue weighted by Crippen LogP contribution is -2.07. The Morgan fingerprint density at radius 1 is 0.567 bits per heavy atom. The first-order valence-electron chi connectivity index (χ1n) is 10.3. The van der Waals surface area contributed by atoms with Crippen LogP contribution in [0, 0.1) is 0 Å². The number of benzene rings is 4. The minimum atomic E-state index is 0.667. The van der Waals surface area contributed by atoms with Gasteiger partial charge in [0.1, 0.15) is 0 Å². The number of aliphatic imine (C=N–C) groups is 1. The first-order valence-corrected chi connectivity index (χ1v) is 10.3. The van der Waals surface area contributed by atoms with Gasteiger partial charge in [0, 0.05) is 30.9 Å². The maximum atomic E-state index is 5.12. The second-order valence-corrected chi connectivity index (χ2v) is 7.85. The molecule has 1 aliphatic heterocycles. The molecule has 0 fully saturated rings. The summed E-state index contributed by atoms with van der Waals surface area (Å²) in [5.41, 5.74) is 10.9. The number of fused-ring (bicyclic) bond motifs is 3. The van der Waals surface area contributed by atoms with Crippen molar-refractivity contribution in [2.24, 2.45) is 4.99 Å². The van der Waals surface area contributed by atoms with Gasteiger partial charge in [-0.05, 0) is 39.9 Å². The molecule has 4 aromatic rings. The molecule has 4 aromatic carbocycles. The van der Waals surface area contributed by atoms with Crippen molar-refractivity contribution in [1.29, 1.82) is 0 Å². The average molecular weight is 389 g/mol. The van der Waals surface area contributed by atoms with Crippen LogP contribution >= 0.6 is 0 Å². The number of hydrogen-bond donors (Lipinski definition) is 0. The molecule has 0 saturated carbocycles. The molecule has 0 aromatic heterocycles. The second kappa shape index (κ2) is 7.64. The van der Waals surface area contributed by atoms with Crippen LogP contribution in [0.4, 0.5) is 5.69 Å². The summed E-state index contributed by atoms with van der Waals surface area (Å²) in [6, 6.07) is 34.5. The highest BCUT2D eigenvalue weighted by atomic mass is 15.1. The van der Waals surface area contributed by atoms with Crippen molar-refractivity contribution >= 4 is 11.4 Å². The molecule has 2 nitrogen and oxygen atoms in total. The highest BCUT2D eigenvalue weighted by Crippen LogP contribution is 2.38. The van der Waals surface area contributed by atoms with E-state index in [4.69, 9.17) is 4.99 Å². The molecule has 0 atom stereocenters. The summed E-state index contributed by atoms with van der Waals surface area (Å²) in [6.45, 7) is 0.667. The lowest BCUT2D eigenvalue weighted by atomic mass is 9.89. The number of hydrogen-bond acceptors (Lipinski definition) is 2. The molecule has 30 heavy (non-hydrogen) atoms. The van der Waals surface area contributed by atoms with Gasteiger partial charge in [0.15, 0.2) is 0 Å². The van der Waals surface area contributed by atoms with Gasteiger partial charge in [0.05, 0.1) is 12.3 Å². The maximum absolute atomic E-state index is 5.12. The zero-order valence-corrected chi connectivity index (χ0v) is 17.3. The van der Waals surface area contributed by atoms with Gasteiger partial charge in [-0.3, -0.25) is 4.99 Å². The molecule has 2 heteroatoms. The monoisotopic (exact) mass is 388 g/mol. The zero-order chi connectivity index (χ0) is 20.5. The molecule has 146 valence electrons. The molecule has 1 aliphatic rings. The fraction of sp³-hybridized carbons (Fsp3) is 0.107. The third-order valence-electron chi connectivity index (χ3n) is 5.79. The van der Waals surface area contributed by atoms with Gasteiger partial charge < -0.3 is 4.90 Å². The van der Waals surface area contributed by atoms with E-state index in [0.717, 1.165) is 11.3 Å². The molecule has 0 bridgehead atoms. The van der Waals surface area contributed by atoms with Crippen molar-refractivity contribution in [3.63, 3.8) is 0 Å². The Labute approximate surface area is 178 Å². The normalized spacial score (nSPS) is 12.4. The van der Waals surface area contributed by atoms with E-state index < -0.39 is 0 Å². The smallest absolute Gasteiger partial charge is 0.0729 e. The predicted octanol–water partition coefficient (Wildman–Crippen LogP) is 6.44. The van der Waals surface area contributed by atoms with Gasteiger partial charge in [-0.15, -0.1) is 0 Å². The van der Waals surface area contributed by atoms with E-state index in [9.17, 15) is 0 Å². The van der Waals surface area contributed by atoms with Crippen LogP contribution in [0.1, 0.15) is 16.7 Å². The van der Waals surface area contributed by atoms with Gasteiger partial charge >= 0.3 is 0 Å². The number of nitrogens with zero attached hydrogens (tertiary/aromatic N) is 2. The molecule has 0 spiro atoms. The van der Waals surface area contributed by atoms with Gasteiger partial charge in [-0.2, -0.15) is 0 Å². The fourth-order valence-electron chi connectivity index (χ4n) is 4.23. The second-order valence-electron chi connectivity index (χ2n) is 7.85. The Hall–Kier alpha value is -3.65. The van der Waals surface area contributed by atoms with Crippen molar-refractivity contribution in [1.82, 2.24) is 0 Å². The van der Waals surface area contributed by atoms with Crippen molar-refractivity contribution in [3.8, 4) is 22.3 Å². The van der Waals surface area contributed by atoms with Crippen molar-refractivity contribution in [2.75, 3.05) is 19.0 Å².